The first kappa shape index (κ1) is 14.2. The highest BCUT2D eigenvalue weighted by molar-refractivity contribution is 9.10. The molecule has 4 nitrogen and oxygen atoms in total. The first-order valence-corrected chi connectivity index (χ1v) is 7.71. The summed E-state index contributed by atoms with van der Waals surface area (Å²) in [6.45, 7) is 4.96. The molecule has 2 heterocycles. The third-order valence-corrected chi connectivity index (χ3v) is 4.17. The van der Waals surface area contributed by atoms with E-state index in [1.165, 1.54) is 5.56 Å². The Hall–Kier alpha value is -1.72. The van der Waals surface area contributed by atoms with Crippen LogP contribution in [0.15, 0.2) is 41.0 Å². The number of H-pyrrole nitrogens is 1. The van der Waals surface area contributed by atoms with Gasteiger partial charge in [0.1, 0.15) is 0 Å². The van der Waals surface area contributed by atoms with Crippen LogP contribution in [-0.2, 0) is 6.54 Å². The van der Waals surface area contributed by atoms with Crippen molar-refractivity contribution >= 4 is 27.0 Å². The highest BCUT2D eigenvalue weighted by Gasteiger charge is 2.07. The molecule has 0 fully saturated rings. The SMILES string of the molecule is Cc1[nH]nc2ncc(CN[C@@H](C)c3ccc(Br)cc3)cc12. The van der Waals surface area contributed by atoms with Gasteiger partial charge in [-0.05, 0) is 43.2 Å². The first-order valence-electron chi connectivity index (χ1n) is 6.92. The van der Waals surface area contributed by atoms with Gasteiger partial charge in [0.2, 0.25) is 0 Å². The van der Waals surface area contributed by atoms with Gasteiger partial charge in [0.25, 0.3) is 0 Å². The number of nitrogens with zero attached hydrogens (tertiary/aromatic N) is 2. The number of fused-ring (bicyclic) bond motifs is 1. The number of aromatic nitrogens is 3. The maximum absolute atomic E-state index is 4.38. The van der Waals surface area contributed by atoms with Crippen LogP contribution in [-0.4, -0.2) is 15.2 Å². The van der Waals surface area contributed by atoms with Crippen LogP contribution in [0.5, 0.6) is 0 Å². The number of rotatable bonds is 4. The summed E-state index contributed by atoms with van der Waals surface area (Å²) in [6.07, 6.45) is 1.88. The second kappa shape index (κ2) is 5.95. The molecule has 3 aromatic rings. The summed E-state index contributed by atoms with van der Waals surface area (Å²) in [7, 11) is 0. The van der Waals surface area contributed by atoms with Gasteiger partial charge >= 0.3 is 0 Å². The summed E-state index contributed by atoms with van der Waals surface area (Å²) in [5, 5.41) is 11.7. The van der Waals surface area contributed by atoms with Crippen molar-refractivity contribution in [3.8, 4) is 0 Å². The number of aryl methyl sites for hydroxylation is 1. The number of hydrogen-bond donors (Lipinski definition) is 2. The largest absolute Gasteiger partial charge is 0.306 e. The lowest BCUT2D eigenvalue weighted by molar-refractivity contribution is 0.574. The van der Waals surface area contributed by atoms with Crippen LogP contribution in [0.3, 0.4) is 0 Å². The molecule has 2 N–H and O–H groups in total. The Balaban J connectivity index is 1.70. The summed E-state index contributed by atoms with van der Waals surface area (Å²) in [4.78, 5) is 4.38. The lowest BCUT2D eigenvalue weighted by atomic mass is 10.1. The van der Waals surface area contributed by atoms with E-state index in [4.69, 9.17) is 0 Å². The molecule has 0 radical (unpaired) electrons. The minimum atomic E-state index is 0.291. The maximum Gasteiger partial charge on any atom is 0.181 e. The molecule has 0 unspecified atom stereocenters. The van der Waals surface area contributed by atoms with Crippen molar-refractivity contribution < 1.29 is 0 Å². The zero-order chi connectivity index (χ0) is 14.8. The molecule has 0 saturated heterocycles. The van der Waals surface area contributed by atoms with E-state index in [0.717, 1.165) is 33.3 Å². The number of pyridine rings is 1. The van der Waals surface area contributed by atoms with Gasteiger partial charge in [-0.2, -0.15) is 5.10 Å². The molecule has 1 atom stereocenters. The minimum Gasteiger partial charge on any atom is -0.306 e. The Labute approximate surface area is 132 Å². The van der Waals surface area contributed by atoms with Crippen LogP contribution >= 0.6 is 15.9 Å². The summed E-state index contributed by atoms with van der Waals surface area (Å²) in [6, 6.07) is 10.8. The second-order valence-electron chi connectivity index (χ2n) is 5.22. The normalized spacial score (nSPS) is 12.7. The van der Waals surface area contributed by atoms with E-state index >= 15 is 0 Å². The van der Waals surface area contributed by atoms with Crippen molar-refractivity contribution in [2.75, 3.05) is 0 Å². The monoisotopic (exact) mass is 344 g/mol. The summed E-state index contributed by atoms with van der Waals surface area (Å²) in [5.41, 5.74) is 4.26. The van der Waals surface area contributed by atoms with Gasteiger partial charge in [0.05, 0.1) is 0 Å². The Bertz CT molecular complexity index is 749. The number of halogens is 1. The molecular formula is C16H17BrN4. The van der Waals surface area contributed by atoms with E-state index in [2.05, 4.69) is 73.7 Å². The molecule has 0 saturated carbocycles. The molecule has 0 aliphatic carbocycles. The number of nitrogens with one attached hydrogen (secondary N) is 2. The van der Waals surface area contributed by atoms with E-state index in [-0.39, 0.29) is 0 Å². The summed E-state index contributed by atoms with van der Waals surface area (Å²) >= 11 is 3.46. The van der Waals surface area contributed by atoms with Gasteiger partial charge in [0, 0.05) is 34.3 Å². The molecule has 21 heavy (non-hydrogen) atoms. The van der Waals surface area contributed by atoms with E-state index in [1.54, 1.807) is 0 Å². The van der Waals surface area contributed by atoms with E-state index in [1.807, 2.05) is 13.1 Å². The topological polar surface area (TPSA) is 53.6 Å². The van der Waals surface area contributed by atoms with E-state index in [9.17, 15) is 0 Å². The smallest absolute Gasteiger partial charge is 0.181 e. The molecule has 1 aromatic carbocycles. The van der Waals surface area contributed by atoms with Crippen LogP contribution in [0.2, 0.25) is 0 Å². The molecule has 0 aliphatic rings. The van der Waals surface area contributed by atoms with Crippen LogP contribution in [0, 0.1) is 6.92 Å². The van der Waals surface area contributed by atoms with Crippen LogP contribution in [0.25, 0.3) is 11.0 Å². The number of hydrogen-bond acceptors (Lipinski definition) is 3. The standard InChI is InChI=1S/C16H17BrN4/c1-10(13-3-5-14(17)6-4-13)18-8-12-7-15-11(2)20-21-16(15)19-9-12/h3-7,9-10,18H,8H2,1-2H3,(H,19,20,21)/t10-/m0/s1. The zero-order valence-electron chi connectivity index (χ0n) is 12.0. The van der Waals surface area contributed by atoms with Crippen molar-refractivity contribution in [1.29, 1.82) is 0 Å². The van der Waals surface area contributed by atoms with Crippen molar-refractivity contribution in [2.45, 2.75) is 26.4 Å². The molecule has 0 amide bonds. The highest BCUT2D eigenvalue weighted by Crippen LogP contribution is 2.18. The Kier molecular flexibility index (Phi) is 4.03. The fourth-order valence-corrected chi connectivity index (χ4v) is 2.56. The van der Waals surface area contributed by atoms with Crippen LogP contribution in [0.1, 0.15) is 29.8 Å². The van der Waals surface area contributed by atoms with Gasteiger partial charge in [-0.25, -0.2) is 4.98 Å². The molecule has 108 valence electrons. The average molecular weight is 345 g/mol. The molecule has 0 spiro atoms. The average Bonchev–Trinajstić information content (AvgIpc) is 2.87. The lowest BCUT2D eigenvalue weighted by Crippen LogP contribution is -2.18. The third kappa shape index (κ3) is 3.14. The Morgan fingerprint density at radius 2 is 2.05 bits per heavy atom. The molecular weight excluding hydrogens is 328 g/mol. The molecule has 3 rings (SSSR count). The zero-order valence-corrected chi connectivity index (χ0v) is 13.6. The van der Waals surface area contributed by atoms with Crippen molar-refractivity contribution in [3.63, 3.8) is 0 Å². The van der Waals surface area contributed by atoms with Gasteiger partial charge in [-0.1, -0.05) is 28.1 Å². The number of benzene rings is 1. The van der Waals surface area contributed by atoms with E-state index in [0.29, 0.717) is 6.04 Å². The van der Waals surface area contributed by atoms with Gasteiger partial charge in [-0.15, -0.1) is 0 Å². The van der Waals surface area contributed by atoms with Crippen molar-refractivity contribution in [1.82, 2.24) is 20.5 Å². The molecule has 0 aliphatic heterocycles. The van der Waals surface area contributed by atoms with Gasteiger partial charge in [0.15, 0.2) is 5.65 Å². The first-order chi connectivity index (χ1) is 10.1. The second-order valence-corrected chi connectivity index (χ2v) is 6.13. The van der Waals surface area contributed by atoms with Crippen molar-refractivity contribution in [3.05, 3.63) is 57.8 Å². The van der Waals surface area contributed by atoms with Crippen LogP contribution in [0.4, 0.5) is 0 Å². The maximum atomic E-state index is 4.38. The van der Waals surface area contributed by atoms with Crippen molar-refractivity contribution in [2.24, 2.45) is 0 Å². The molecule has 0 bridgehead atoms. The predicted octanol–water partition coefficient (Wildman–Crippen LogP) is 3.88. The van der Waals surface area contributed by atoms with Crippen LogP contribution < -0.4 is 5.32 Å². The summed E-state index contributed by atoms with van der Waals surface area (Å²) in [5.74, 6) is 0. The highest BCUT2D eigenvalue weighted by atomic mass is 79.9. The number of aromatic amines is 1. The Morgan fingerprint density at radius 1 is 1.29 bits per heavy atom. The fourth-order valence-electron chi connectivity index (χ4n) is 2.30. The fraction of sp³-hybridized carbons (Fsp3) is 0.250. The lowest BCUT2D eigenvalue weighted by Gasteiger charge is -2.14. The van der Waals surface area contributed by atoms with E-state index < -0.39 is 0 Å². The Morgan fingerprint density at radius 3 is 2.81 bits per heavy atom. The minimum absolute atomic E-state index is 0.291. The molecule has 5 heteroatoms. The van der Waals surface area contributed by atoms with Gasteiger partial charge < -0.3 is 5.32 Å². The molecule has 2 aromatic heterocycles. The predicted molar refractivity (Wildman–Crippen MR) is 88.0 cm³/mol. The summed E-state index contributed by atoms with van der Waals surface area (Å²) < 4.78 is 1.10. The van der Waals surface area contributed by atoms with Gasteiger partial charge in [-0.3, -0.25) is 5.10 Å². The quantitative estimate of drug-likeness (QED) is 0.755. The third-order valence-electron chi connectivity index (χ3n) is 3.64.